The van der Waals surface area contributed by atoms with Crippen molar-refractivity contribution in [1.82, 2.24) is 34.8 Å². The zero-order valence-electron chi connectivity index (χ0n) is 21.7. The van der Waals surface area contributed by atoms with Crippen LogP contribution < -0.4 is 26.0 Å². The molecule has 3 aromatic heterocycles. The molecule has 1 unspecified atom stereocenters. The summed E-state index contributed by atoms with van der Waals surface area (Å²) in [6.07, 6.45) is 1.54. The molecule has 4 N–H and O–H groups in total. The molecule has 0 amide bonds. The summed E-state index contributed by atoms with van der Waals surface area (Å²) in [7, 11) is 0. The van der Waals surface area contributed by atoms with E-state index in [1.807, 2.05) is 4.90 Å². The number of fused-ring (bicyclic) bond motifs is 1. The largest absolute Gasteiger partial charge is 0.489 e. The van der Waals surface area contributed by atoms with Crippen molar-refractivity contribution in [2.45, 2.75) is 6.04 Å². The third-order valence-corrected chi connectivity index (χ3v) is 6.84. The molecule has 0 bridgehead atoms. The lowest BCUT2D eigenvalue weighted by Gasteiger charge is -2.36. The minimum Gasteiger partial charge on any atom is -0.489 e. The van der Waals surface area contributed by atoms with E-state index < -0.39 is 11.6 Å². The van der Waals surface area contributed by atoms with Crippen LogP contribution in [0.3, 0.4) is 0 Å². The Bertz CT molecular complexity index is 1440. The normalized spacial score (nSPS) is 18.4. The van der Waals surface area contributed by atoms with Crippen molar-refractivity contribution < 1.29 is 22.7 Å². The van der Waals surface area contributed by atoms with Crippen LogP contribution in [0.5, 0.6) is 5.75 Å². The molecule has 5 heterocycles. The number of morpholine rings is 1. The molecule has 0 aliphatic carbocycles. The number of furan rings is 1. The molecule has 13 nitrogen and oxygen atoms in total. The van der Waals surface area contributed by atoms with E-state index in [9.17, 15) is 8.78 Å². The molecule has 6 rings (SSSR count). The molecule has 4 aromatic rings. The molecule has 40 heavy (non-hydrogen) atoms. The van der Waals surface area contributed by atoms with Gasteiger partial charge in [-0.15, -0.1) is 5.10 Å². The van der Waals surface area contributed by atoms with Gasteiger partial charge in [-0.25, -0.2) is 8.78 Å². The number of nitrogens with one attached hydrogen (secondary N) is 2. The molecule has 0 saturated carbocycles. The predicted molar refractivity (Wildman–Crippen MR) is 142 cm³/mol. The van der Waals surface area contributed by atoms with Crippen LogP contribution in [0.1, 0.15) is 0 Å². The van der Waals surface area contributed by atoms with Crippen LogP contribution in [-0.2, 0) is 4.74 Å². The summed E-state index contributed by atoms with van der Waals surface area (Å²) >= 11 is 0. The van der Waals surface area contributed by atoms with Crippen molar-refractivity contribution in [1.29, 1.82) is 0 Å². The maximum atomic E-state index is 14.7. The molecular formula is C25H30F2N10O3. The van der Waals surface area contributed by atoms with Crippen LogP contribution in [-0.4, -0.2) is 101 Å². The van der Waals surface area contributed by atoms with Gasteiger partial charge in [-0.3, -0.25) is 4.90 Å². The first-order valence-electron chi connectivity index (χ1n) is 13.1. The molecule has 0 spiro atoms. The molecule has 2 fully saturated rings. The lowest BCUT2D eigenvalue weighted by molar-refractivity contribution is 0.0586. The van der Waals surface area contributed by atoms with Gasteiger partial charge in [0.05, 0.1) is 31.2 Å². The number of hydrogen-bond donors (Lipinski definition) is 3. The third kappa shape index (κ3) is 5.76. The lowest BCUT2D eigenvalue weighted by Crippen LogP contribution is -2.48. The number of rotatable bonds is 9. The minimum absolute atomic E-state index is 0.0295. The summed E-state index contributed by atoms with van der Waals surface area (Å²) in [5.74, 6) is 0.402. The van der Waals surface area contributed by atoms with E-state index in [1.54, 1.807) is 12.1 Å². The SMILES string of the molecule is Nc1nc(NCCN2CCN(c3cc(OCC4COCCN4)c(F)cc3F)CC2)nc2nc(-c3ccco3)nn12. The maximum absolute atomic E-state index is 14.7. The van der Waals surface area contributed by atoms with Gasteiger partial charge in [-0.05, 0) is 12.1 Å². The van der Waals surface area contributed by atoms with Crippen LogP contribution in [0.2, 0.25) is 0 Å². The number of nitrogens with two attached hydrogens (primary N) is 1. The first-order chi connectivity index (χ1) is 19.5. The Labute approximate surface area is 228 Å². The van der Waals surface area contributed by atoms with Gasteiger partial charge in [0, 0.05) is 57.9 Å². The average Bonchev–Trinajstić information content (AvgIpc) is 3.65. The number of ether oxygens (including phenoxy) is 2. The van der Waals surface area contributed by atoms with Gasteiger partial charge >= 0.3 is 0 Å². The van der Waals surface area contributed by atoms with Crippen molar-refractivity contribution in [2.75, 3.05) is 81.6 Å². The highest BCUT2D eigenvalue weighted by Crippen LogP contribution is 2.29. The molecule has 15 heteroatoms. The number of hydrogen-bond acceptors (Lipinski definition) is 12. The van der Waals surface area contributed by atoms with E-state index in [-0.39, 0.29) is 24.3 Å². The minimum atomic E-state index is -0.716. The van der Waals surface area contributed by atoms with Crippen LogP contribution in [0.4, 0.5) is 26.4 Å². The Morgan fingerprint density at radius 2 is 2.00 bits per heavy atom. The fourth-order valence-corrected chi connectivity index (χ4v) is 4.72. The zero-order valence-corrected chi connectivity index (χ0v) is 21.7. The summed E-state index contributed by atoms with van der Waals surface area (Å²) in [5.41, 5.74) is 6.38. The Morgan fingerprint density at radius 1 is 1.12 bits per heavy atom. The number of aromatic nitrogens is 5. The van der Waals surface area contributed by atoms with Crippen molar-refractivity contribution in [2.24, 2.45) is 0 Å². The number of nitrogens with zero attached hydrogens (tertiary/aromatic N) is 7. The van der Waals surface area contributed by atoms with Gasteiger partial charge in [0.25, 0.3) is 5.78 Å². The van der Waals surface area contributed by atoms with Gasteiger partial charge in [0.15, 0.2) is 17.3 Å². The predicted octanol–water partition coefficient (Wildman–Crippen LogP) is 1.24. The van der Waals surface area contributed by atoms with E-state index in [1.165, 1.54) is 16.8 Å². The fourth-order valence-electron chi connectivity index (χ4n) is 4.72. The summed E-state index contributed by atoms with van der Waals surface area (Å²) in [6.45, 7) is 5.96. The van der Waals surface area contributed by atoms with Crippen LogP contribution >= 0.6 is 0 Å². The van der Waals surface area contributed by atoms with Gasteiger partial charge in [0.2, 0.25) is 17.7 Å². The maximum Gasteiger partial charge on any atom is 0.259 e. The molecule has 1 atom stereocenters. The zero-order chi connectivity index (χ0) is 27.5. The van der Waals surface area contributed by atoms with Crippen LogP contribution in [0, 0.1) is 11.6 Å². The van der Waals surface area contributed by atoms with Crippen LogP contribution in [0.15, 0.2) is 34.9 Å². The van der Waals surface area contributed by atoms with Crippen molar-refractivity contribution in [3.63, 3.8) is 0 Å². The number of piperazine rings is 1. The second-order valence-corrected chi connectivity index (χ2v) is 9.56. The highest BCUT2D eigenvalue weighted by molar-refractivity contribution is 5.54. The van der Waals surface area contributed by atoms with Gasteiger partial charge in [0.1, 0.15) is 12.4 Å². The first kappa shape index (κ1) is 26.2. The molecule has 2 aliphatic heterocycles. The van der Waals surface area contributed by atoms with E-state index in [0.717, 1.165) is 12.6 Å². The average molecular weight is 557 g/mol. The summed E-state index contributed by atoms with van der Waals surface area (Å²) < 4.78 is 46.8. The van der Waals surface area contributed by atoms with Crippen molar-refractivity contribution in [3.05, 3.63) is 42.2 Å². The van der Waals surface area contributed by atoms with Gasteiger partial charge in [-0.2, -0.15) is 19.5 Å². The second-order valence-electron chi connectivity index (χ2n) is 9.56. The number of halogens is 2. The van der Waals surface area contributed by atoms with E-state index in [4.69, 9.17) is 19.6 Å². The molecule has 1 aromatic carbocycles. The molecule has 2 aliphatic rings. The smallest absolute Gasteiger partial charge is 0.259 e. The second kappa shape index (κ2) is 11.6. The molecule has 212 valence electrons. The first-order valence-corrected chi connectivity index (χ1v) is 13.1. The molecule has 0 radical (unpaired) electrons. The number of nitrogen functional groups attached to an aromatic ring is 1. The van der Waals surface area contributed by atoms with Gasteiger partial charge < -0.3 is 35.2 Å². The van der Waals surface area contributed by atoms with Crippen molar-refractivity contribution in [3.8, 4) is 17.3 Å². The Morgan fingerprint density at radius 3 is 2.77 bits per heavy atom. The van der Waals surface area contributed by atoms with Crippen LogP contribution in [0.25, 0.3) is 17.4 Å². The highest BCUT2D eigenvalue weighted by atomic mass is 19.1. The highest BCUT2D eigenvalue weighted by Gasteiger charge is 2.23. The quantitative estimate of drug-likeness (QED) is 0.273. The molecule has 2 saturated heterocycles. The third-order valence-electron chi connectivity index (χ3n) is 6.84. The Hall–Kier alpha value is -4.08. The summed E-state index contributed by atoms with van der Waals surface area (Å²) in [6, 6.07) is 5.81. The Balaban J connectivity index is 1.01. The molecular weight excluding hydrogens is 526 g/mol. The van der Waals surface area contributed by atoms with E-state index in [0.29, 0.717) is 81.5 Å². The monoisotopic (exact) mass is 556 g/mol. The topological polar surface area (TPSA) is 144 Å². The fraction of sp³-hybridized carbons (Fsp3) is 0.440. The Kier molecular flexibility index (Phi) is 7.57. The van der Waals surface area contributed by atoms with E-state index in [2.05, 4.69) is 35.6 Å². The lowest BCUT2D eigenvalue weighted by atomic mass is 10.2. The van der Waals surface area contributed by atoms with Crippen molar-refractivity contribution >= 4 is 23.4 Å². The van der Waals surface area contributed by atoms with Gasteiger partial charge in [-0.1, -0.05) is 0 Å². The summed E-state index contributed by atoms with van der Waals surface area (Å²) in [4.78, 5) is 17.2. The number of benzene rings is 1. The summed E-state index contributed by atoms with van der Waals surface area (Å²) in [5, 5.41) is 10.7. The standard InChI is InChI=1S/C25H30F2N10O3/c26-17-12-18(27)21(40-15-16-14-38-11-4-29-16)13-19(17)36-8-6-35(7-9-36)5-3-30-24-32-23(28)37-25(33-24)31-22(34-37)20-2-1-10-39-20/h1-2,10,12-13,16,29H,3-9,11,14-15H2,(H3,28,30,31,32,33,34). The number of anilines is 3. The van der Waals surface area contributed by atoms with E-state index >= 15 is 0 Å².